The molecule has 1 unspecified atom stereocenters. The van der Waals surface area contributed by atoms with Gasteiger partial charge in [-0.3, -0.25) is 0 Å². The molecule has 1 N–H and O–H groups in total. The standard InChI is InChI=1S/C16H27NO2/c1-5-9-17-11-16(12-18-4)19-15-8-6-7-14(10-15)13(2)3/h6-8,10,13,16-17H,5,9,11-12H2,1-4H3. The zero-order valence-electron chi connectivity index (χ0n) is 12.6. The zero-order valence-corrected chi connectivity index (χ0v) is 12.6. The fourth-order valence-corrected chi connectivity index (χ4v) is 1.90. The molecule has 0 heterocycles. The summed E-state index contributed by atoms with van der Waals surface area (Å²) in [5.74, 6) is 1.44. The lowest BCUT2D eigenvalue weighted by atomic mass is 10.0. The third-order valence-electron chi connectivity index (χ3n) is 2.98. The van der Waals surface area contributed by atoms with E-state index in [1.807, 2.05) is 12.1 Å². The van der Waals surface area contributed by atoms with Crippen molar-refractivity contribution in [3.63, 3.8) is 0 Å². The van der Waals surface area contributed by atoms with Gasteiger partial charge in [0.25, 0.3) is 0 Å². The molecule has 0 spiro atoms. The van der Waals surface area contributed by atoms with Gasteiger partial charge in [-0.15, -0.1) is 0 Å². The van der Waals surface area contributed by atoms with Gasteiger partial charge in [-0.25, -0.2) is 0 Å². The Kier molecular flexibility index (Phi) is 7.53. The van der Waals surface area contributed by atoms with E-state index < -0.39 is 0 Å². The molecule has 0 saturated heterocycles. The molecular weight excluding hydrogens is 238 g/mol. The Balaban J connectivity index is 2.59. The van der Waals surface area contributed by atoms with Gasteiger partial charge < -0.3 is 14.8 Å². The number of hydrogen-bond donors (Lipinski definition) is 1. The lowest BCUT2D eigenvalue weighted by molar-refractivity contribution is 0.0807. The molecule has 0 fully saturated rings. The van der Waals surface area contributed by atoms with Crippen molar-refractivity contribution >= 4 is 0 Å². The van der Waals surface area contributed by atoms with Gasteiger partial charge in [0.2, 0.25) is 0 Å². The van der Waals surface area contributed by atoms with Crippen molar-refractivity contribution in [2.45, 2.75) is 39.2 Å². The Hall–Kier alpha value is -1.06. The number of nitrogens with one attached hydrogen (secondary N) is 1. The third kappa shape index (κ3) is 6.08. The van der Waals surface area contributed by atoms with Gasteiger partial charge in [-0.1, -0.05) is 32.9 Å². The predicted octanol–water partition coefficient (Wildman–Crippen LogP) is 3.20. The van der Waals surface area contributed by atoms with Crippen LogP contribution in [-0.2, 0) is 4.74 Å². The summed E-state index contributed by atoms with van der Waals surface area (Å²) in [5, 5.41) is 3.37. The number of rotatable bonds is 9. The summed E-state index contributed by atoms with van der Waals surface area (Å²) in [5.41, 5.74) is 1.30. The zero-order chi connectivity index (χ0) is 14.1. The molecule has 1 atom stereocenters. The highest BCUT2D eigenvalue weighted by atomic mass is 16.5. The van der Waals surface area contributed by atoms with E-state index in [4.69, 9.17) is 9.47 Å². The lowest BCUT2D eigenvalue weighted by Crippen LogP contribution is -2.35. The molecule has 0 aliphatic rings. The maximum atomic E-state index is 6.00. The molecule has 0 amide bonds. The summed E-state index contributed by atoms with van der Waals surface area (Å²) in [6.07, 6.45) is 1.18. The van der Waals surface area contributed by atoms with Gasteiger partial charge in [0.15, 0.2) is 0 Å². The fraction of sp³-hybridized carbons (Fsp3) is 0.625. The van der Waals surface area contributed by atoms with Crippen LogP contribution in [0, 0.1) is 0 Å². The Morgan fingerprint density at radius 1 is 1.26 bits per heavy atom. The summed E-state index contributed by atoms with van der Waals surface area (Å²) >= 11 is 0. The molecule has 3 nitrogen and oxygen atoms in total. The maximum Gasteiger partial charge on any atom is 0.134 e. The van der Waals surface area contributed by atoms with Crippen molar-refractivity contribution in [1.82, 2.24) is 5.32 Å². The highest BCUT2D eigenvalue weighted by Crippen LogP contribution is 2.20. The smallest absolute Gasteiger partial charge is 0.134 e. The molecule has 3 heteroatoms. The minimum atomic E-state index is 0.0546. The second kappa shape index (κ2) is 8.94. The van der Waals surface area contributed by atoms with Crippen LogP contribution in [0.4, 0.5) is 0 Å². The van der Waals surface area contributed by atoms with E-state index in [1.54, 1.807) is 7.11 Å². The number of methoxy groups -OCH3 is 1. The molecule has 0 saturated carbocycles. The van der Waals surface area contributed by atoms with Crippen LogP contribution in [-0.4, -0.2) is 32.9 Å². The molecule has 108 valence electrons. The van der Waals surface area contributed by atoms with Gasteiger partial charge >= 0.3 is 0 Å². The average Bonchev–Trinajstić information content (AvgIpc) is 2.39. The van der Waals surface area contributed by atoms with Crippen molar-refractivity contribution in [2.24, 2.45) is 0 Å². The van der Waals surface area contributed by atoms with E-state index >= 15 is 0 Å². The molecule has 1 aromatic carbocycles. The van der Waals surface area contributed by atoms with Crippen LogP contribution in [0.2, 0.25) is 0 Å². The molecule has 1 rings (SSSR count). The summed E-state index contributed by atoms with van der Waals surface area (Å²) in [7, 11) is 1.71. The average molecular weight is 265 g/mol. The van der Waals surface area contributed by atoms with E-state index in [0.717, 1.165) is 25.3 Å². The molecule has 0 radical (unpaired) electrons. The first-order chi connectivity index (χ1) is 9.17. The van der Waals surface area contributed by atoms with Crippen LogP contribution in [0.25, 0.3) is 0 Å². The first kappa shape index (κ1) is 16.0. The predicted molar refractivity (Wildman–Crippen MR) is 80.0 cm³/mol. The number of hydrogen-bond acceptors (Lipinski definition) is 3. The second-order valence-corrected chi connectivity index (χ2v) is 5.13. The van der Waals surface area contributed by atoms with E-state index in [1.165, 1.54) is 5.56 Å². The minimum absolute atomic E-state index is 0.0546. The van der Waals surface area contributed by atoms with Gasteiger partial charge in [0.1, 0.15) is 11.9 Å². The van der Waals surface area contributed by atoms with Crippen LogP contribution in [0.15, 0.2) is 24.3 Å². The summed E-state index contributed by atoms with van der Waals surface area (Å²) < 4.78 is 11.2. The lowest BCUT2D eigenvalue weighted by Gasteiger charge is -2.19. The summed E-state index contributed by atoms with van der Waals surface area (Å²) in [6, 6.07) is 8.31. The SMILES string of the molecule is CCCNCC(COC)Oc1cccc(C(C)C)c1. The van der Waals surface area contributed by atoms with Crippen molar-refractivity contribution in [2.75, 3.05) is 26.8 Å². The number of ether oxygens (including phenoxy) is 2. The van der Waals surface area contributed by atoms with E-state index in [9.17, 15) is 0 Å². The topological polar surface area (TPSA) is 30.5 Å². The second-order valence-electron chi connectivity index (χ2n) is 5.13. The molecule has 19 heavy (non-hydrogen) atoms. The highest BCUT2D eigenvalue weighted by molar-refractivity contribution is 5.30. The van der Waals surface area contributed by atoms with Crippen molar-refractivity contribution in [3.05, 3.63) is 29.8 Å². The quantitative estimate of drug-likeness (QED) is 0.696. The minimum Gasteiger partial charge on any atom is -0.487 e. The fourth-order valence-electron chi connectivity index (χ4n) is 1.90. The molecular formula is C16H27NO2. The first-order valence-electron chi connectivity index (χ1n) is 7.13. The number of benzene rings is 1. The Bertz CT molecular complexity index is 352. The van der Waals surface area contributed by atoms with Gasteiger partial charge in [0, 0.05) is 13.7 Å². The normalized spacial score (nSPS) is 12.7. The van der Waals surface area contributed by atoms with Crippen LogP contribution < -0.4 is 10.1 Å². The van der Waals surface area contributed by atoms with Gasteiger partial charge in [-0.2, -0.15) is 0 Å². The summed E-state index contributed by atoms with van der Waals surface area (Å²) in [6.45, 7) is 8.96. The Labute approximate surface area is 117 Å². The first-order valence-corrected chi connectivity index (χ1v) is 7.13. The van der Waals surface area contributed by atoms with Gasteiger partial charge in [-0.05, 0) is 36.6 Å². The Morgan fingerprint density at radius 3 is 2.68 bits per heavy atom. The Morgan fingerprint density at radius 2 is 2.05 bits per heavy atom. The van der Waals surface area contributed by atoms with Crippen LogP contribution in [0.5, 0.6) is 5.75 Å². The van der Waals surface area contributed by atoms with E-state index in [0.29, 0.717) is 12.5 Å². The maximum absolute atomic E-state index is 6.00. The van der Waals surface area contributed by atoms with Gasteiger partial charge in [0.05, 0.1) is 6.61 Å². The summed E-state index contributed by atoms with van der Waals surface area (Å²) in [4.78, 5) is 0. The monoisotopic (exact) mass is 265 g/mol. The largest absolute Gasteiger partial charge is 0.487 e. The van der Waals surface area contributed by atoms with Crippen molar-refractivity contribution < 1.29 is 9.47 Å². The van der Waals surface area contributed by atoms with E-state index in [2.05, 4.69) is 38.2 Å². The third-order valence-corrected chi connectivity index (χ3v) is 2.98. The van der Waals surface area contributed by atoms with Crippen LogP contribution in [0.3, 0.4) is 0 Å². The van der Waals surface area contributed by atoms with Crippen molar-refractivity contribution in [3.8, 4) is 5.75 Å². The highest BCUT2D eigenvalue weighted by Gasteiger charge is 2.10. The van der Waals surface area contributed by atoms with Crippen molar-refractivity contribution in [1.29, 1.82) is 0 Å². The molecule has 0 bridgehead atoms. The molecule has 0 aliphatic carbocycles. The van der Waals surface area contributed by atoms with E-state index in [-0.39, 0.29) is 6.10 Å². The van der Waals surface area contributed by atoms with Crippen LogP contribution in [0.1, 0.15) is 38.7 Å². The molecule has 1 aromatic rings. The molecule has 0 aliphatic heterocycles. The van der Waals surface area contributed by atoms with Crippen LogP contribution >= 0.6 is 0 Å². The molecule has 0 aromatic heterocycles.